The van der Waals surface area contributed by atoms with E-state index in [1.54, 1.807) is 35.2 Å². The van der Waals surface area contributed by atoms with Crippen molar-refractivity contribution in [3.8, 4) is 0 Å². The third-order valence-electron chi connectivity index (χ3n) is 7.03. The Morgan fingerprint density at radius 3 is 2.48 bits per heavy atom. The molecule has 1 aromatic carbocycles. The number of aromatic nitrogens is 2. The van der Waals surface area contributed by atoms with E-state index in [2.05, 4.69) is 20.8 Å². The van der Waals surface area contributed by atoms with Gasteiger partial charge in [-0.1, -0.05) is 30.3 Å². The average Bonchev–Trinajstić information content (AvgIpc) is 3.63. The second-order valence-corrected chi connectivity index (χ2v) is 13.4. The van der Waals surface area contributed by atoms with Crippen LogP contribution in [0.25, 0.3) is 0 Å². The number of likely N-dealkylation sites (tertiary alicyclic amines) is 1. The number of thiazole rings is 1. The molecule has 2 aromatic heterocycles. The number of benzene rings is 1. The highest BCUT2D eigenvalue weighted by Gasteiger charge is 2.38. The fraction of sp³-hybridized carbons (Fsp3) is 0.357. The van der Waals surface area contributed by atoms with Gasteiger partial charge in [0.2, 0.25) is 10.0 Å². The number of nitrogens with two attached hydrogens (primary N) is 1. The minimum Gasteiger partial charge on any atom is -0.433 e. The molecule has 4 N–H and O–H groups in total. The van der Waals surface area contributed by atoms with Gasteiger partial charge in [0.15, 0.2) is 5.60 Å². The maximum atomic E-state index is 13.8. The van der Waals surface area contributed by atoms with Gasteiger partial charge in [-0.05, 0) is 44.4 Å². The fourth-order valence-electron chi connectivity index (χ4n) is 4.72. The van der Waals surface area contributed by atoms with E-state index in [1.165, 1.54) is 37.4 Å². The Labute approximate surface area is 258 Å². The number of nitrogens with one attached hydrogen (secondary N) is 2. The summed E-state index contributed by atoms with van der Waals surface area (Å²) in [6, 6.07) is 11.0. The highest BCUT2D eigenvalue weighted by molar-refractivity contribution is 7.92. The van der Waals surface area contributed by atoms with Gasteiger partial charge < -0.3 is 15.4 Å². The van der Waals surface area contributed by atoms with Gasteiger partial charge >= 0.3 is 6.09 Å². The lowest BCUT2D eigenvalue weighted by molar-refractivity contribution is -0.138. The molecule has 2 atom stereocenters. The van der Waals surface area contributed by atoms with Gasteiger partial charge in [-0.3, -0.25) is 29.5 Å². The second-order valence-electron chi connectivity index (χ2n) is 10.5. The number of anilines is 1. The van der Waals surface area contributed by atoms with Gasteiger partial charge in [0, 0.05) is 36.7 Å². The van der Waals surface area contributed by atoms with E-state index in [0.29, 0.717) is 18.5 Å². The highest BCUT2D eigenvalue weighted by Crippen LogP contribution is 2.35. The zero-order valence-electron chi connectivity index (χ0n) is 24.6. The van der Waals surface area contributed by atoms with Gasteiger partial charge in [0.25, 0.3) is 17.7 Å². The molecule has 0 spiro atoms. The van der Waals surface area contributed by atoms with Gasteiger partial charge in [0.05, 0.1) is 12.3 Å². The van der Waals surface area contributed by atoms with Gasteiger partial charge in [0.1, 0.15) is 16.5 Å². The molecule has 16 heteroatoms. The number of primary amides is 1. The first kappa shape index (κ1) is 32.3. The number of sulfonamides is 1. The standard InChI is InChI=1S/C28H33N7O7S2/c1-17-16-43-24(30-17)21-11-8-12-35(21)25(37)19-13-20(31-22(14-19)34(3)44(4,40)41)23(36)32-33-26(38)28(2,42-27(29)39)15-18-9-6-5-7-10-18/h5-7,9-10,13-14,16,21H,8,11-12,15H2,1-4H3,(H2,29,39)(H,32,36)(H,33,38)/t21-,28-/m1/s1. The smallest absolute Gasteiger partial charge is 0.405 e. The lowest BCUT2D eigenvalue weighted by Gasteiger charge is -2.27. The van der Waals surface area contributed by atoms with E-state index < -0.39 is 39.4 Å². The van der Waals surface area contributed by atoms with E-state index >= 15 is 0 Å². The molecule has 0 aliphatic carbocycles. The minimum absolute atomic E-state index is 0.0214. The molecule has 4 rings (SSSR count). The first-order chi connectivity index (χ1) is 20.7. The summed E-state index contributed by atoms with van der Waals surface area (Å²) in [6.07, 6.45) is 1.15. The molecule has 3 aromatic rings. The molecule has 1 saturated heterocycles. The molecule has 14 nitrogen and oxygen atoms in total. The number of pyridine rings is 1. The monoisotopic (exact) mass is 643 g/mol. The summed E-state index contributed by atoms with van der Waals surface area (Å²) in [5, 5.41) is 2.69. The quantitative estimate of drug-likeness (QED) is 0.293. The Bertz CT molecular complexity index is 1680. The van der Waals surface area contributed by atoms with E-state index in [9.17, 15) is 27.6 Å². The van der Waals surface area contributed by atoms with Crippen LogP contribution in [0.5, 0.6) is 0 Å². The number of hydrogen-bond acceptors (Lipinski definition) is 10. The van der Waals surface area contributed by atoms with E-state index in [4.69, 9.17) is 10.5 Å². The molecule has 3 heterocycles. The molecule has 0 unspecified atom stereocenters. The number of carbonyl (C=O) groups is 4. The number of nitrogens with zero attached hydrogens (tertiary/aromatic N) is 4. The normalized spacial score (nSPS) is 16.1. The fourth-order valence-corrected chi connectivity index (χ4v) is 6.10. The Balaban J connectivity index is 1.60. The molecule has 1 aliphatic rings. The van der Waals surface area contributed by atoms with Crippen LogP contribution in [0.3, 0.4) is 0 Å². The number of rotatable bonds is 9. The summed E-state index contributed by atoms with van der Waals surface area (Å²) in [4.78, 5) is 62.1. The van der Waals surface area contributed by atoms with Crippen LogP contribution in [0.2, 0.25) is 0 Å². The van der Waals surface area contributed by atoms with Crippen molar-refractivity contribution >= 4 is 51.0 Å². The van der Waals surface area contributed by atoms with Crippen molar-refractivity contribution in [1.82, 2.24) is 25.7 Å². The molecular weight excluding hydrogens is 610 g/mol. The van der Waals surface area contributed by atoms with Crippen molar-refractivity contribution < 1.29 is 32.3 Å². The van der Waals surface area contributed by atoms with Gasteiger partial charge in [-0.25, -0.2) is 23.2 Å². The van der Waals surface area contributed by atoms with Crippen LogP contribution in [0.1, 0.15) is 62.9 Å². The third kappa shape index (κ3) is 7.49. The molecule has 1 fully saturated rings. The van der Waals surface area contributed by atoms with Crippen LogP contribution in [-0.2, 0) is 26.0 Å². The van der Waals surface area contributed by atoms with Crippen LogP contribution in [0, 0.1) is 6.92 Å². The Hall–Kier alpha value is -4.57. The molecular formula is C28H33N7O7S2. The molecule has 0 bridgehead atoms. The molecule has 0 radical (unpaired) electrons. The molecule has 4 amide bonds. The minimum atomic E-state index is -3.82. The van der Waals surface area contributed by atoms with Gasteiger partial charge in [-0.15, -0.1) is 11.3 Å². The first-order valence-electron chi connectivity index (χ1n) is 13.5. The number of carbonyl (C=O) groups excluding carboxylic acids is 4. The van der Waals surface area contributed by atoms with Crippen molar-refractivity contribution in [2.75, 3.05) is 24.2 Å². The molecule has 44 heavy (non-hydrogen) atoms. The van der Waals surface area contributed by atoms with Gasteiger partial charge in [-0.2, -0.15) is 0 Å². The van der Waals surface area contributed by atoms with Crippen molar-refractivity contribution in [2.24, 2.45) is 5.73 Å². The summed E-state index contributed by atoms with van der Waals surface area (Å²) in [5.41, 5.74) is 9.01. The number of hydrazine groups is 1. The molecule has 1 aliphatic heterocycles. The van der Waals surface area contributed by atoms with Crippen LogP contribution in [-0.4, -0.2) is 72.5 Å². The SMILES string of the molecule is Cc1csc([C@H]2CCCN2C(=O)c2cc(C(=O)NNC(=O)[C@@](C)(Cc3ccccc3)OC(N)=O)nc(N(C)S(C)(=O)=O)c2)n1. The summed E-state index contributed by atoms with van der Waals surface area (Å²) >= 11 is 1.45. The summed E-state index contributed by atoms with van der Waals surface area (Å²) < 4.78 is 30.6. The first-order valence-corrected chi connectivity index (χ1v) is 16.2. The van der Waals surface area contributed by atoms with Crippen molar-refractivity contribution in [3.63, 3.8) is 0 Å². The Morgan fingerprint density at radius 2 is 1.86 bits per heavy atom. The average molecular weight is 644 g/mol. The van der Waals surface area contributed by atoms with E-state index in [1.807, 2.05) is 12.3 Å². The summed E-state index contributed by atoms with van der Waals surface area (Å²) in [6.45, 7) is 3.64. The highest BCUT2D eigenvalue weighted by atomic mass is 32.2. The summed E-state index contributed by atoms with van der Waals surface area (Å²) in [7, 11) is -2.58. The maximum Gasteiger partial charge on any atom is 0.405 e. The van der Waals surface area contributed by atoms with Crippen LogP contribution < -0.4 is 20.9 Å². The zero-order valence-corrected chi connectivity index (χ0v) is 26.2. The lowest BCUT2D eigenvalue weighted by atomic mass is 9.95. The van der Waals surface area contributed by atoms with E-state index in [-0.39, 0.29) is 29.5 Å². The molecule has 234 valence electrons. The predicted octanol–water partition coefficient (Wildman–Crippen LogP) is 2.08. The van der Waals surface area contributed by atoms with Crippen LogP contribution in [0.4, 0.5) is 10.6 Å². The predicted molar refractivity (Wildman–Crippen MR) is 162 cm³/mol. The maximum absolute atomic E-state index is 13.8. The van der Waals surface area contributed by atoms with Crippen molar-refractivity contribution in [3.05, 3.63) is 75.4 Å². The largest absolute Gasteiger partial charge is 0.433 e. The van der Waals surface area contributed by atoms with Crippen LogP contribution >= 0.6 is 11.3 Å². The number of aryl methyl sites for hydroxylation is 1. The van der Waals surface area contributed by atoms with Crippen molar-refractivity contribution in [2.45, 2.75) is 44.8 Å². The van der Waals surface area contributed by atoms with Crippen molar-refractivity contribution in [1.29, 1.82) is 0 Å². The van der Waals surface area contributed by atoms with E-state index in [0.717, 1.165) is 27.7 Å². The Morgan fingerprint density at radius 1 is 1.16 bits per heavy atom. The lowest BCUT2D eigenvalue weighted by Crippen LogP contribution is -2.55. The molecule has 0 saturated carbocycles. The number of amides is 4. The van der Waals surface area contributed by atoms with Crippen LogP contribution in [0.15, 0.2) is 47.8 Å². The second kappa shape index (κ2) is 13.0. The topological polar surface area (TPSA) is 194 Å². The zero-order chi connectivity index (χ0) is 32.2. The number of ether oxygens (including phenoxy) is 1. The Kier molecular flexibility index (Phi) is 9.53. The third-order valence-corrected chi connectivity index (χ3v) is 9.27. The number of hydrogen-bond donors (Lipinski definition) is 3. The summed E-state index contributed by atoms with van der Waals surface area (Å²) in [5.74, 6) is -2.46.